The molecule has 1 amide bonds. The summed E-state index contributed by atoms with van der Waals surface area (Å²) in [5.74, 6) is -0.258. The number of benzene rings is 1. The number of pyridine rings is 1. The van der Waals surface area contributed by atoms with Crippen LogP contribution in [0.3, 0.4) is 0 Å². The van der Waals surface area contributed by atoms with Crippen LogP contribution in [0.25, 0.3) is 0 Å². The van der Waals surface area contributed by atoms with Crippen LogP contribution in [0.1, 0.15) is 27.2 Å². The Hall–Kier alpha value is -3.04. The maximum absolute atomic E-state index is 13.1. The molecule has 0 fully saturated rings. The van der Waals surface area contributed by atoms with Gasteiger partial charge in [-0.3, -0.25) is 9.78 Å². The van der Waals surface area contributed by atoms with Crippen molar-refractivity contribution < 1.29 is 13.2 Å². The van der Waals surface area contributed by atoms with Gasteiger partial charge in [-0.2, -0.15) is 13.5 Å². The molecule has 4 rings (SSSR count). The summed E-state index contributed by atoms with van der Waals surface area (Å²) in [6.45, 7) is 2.70. The summed E-state index contributed by atoms with van der Waals surface area (Å²) in [4.78, 5) is 16.6. The Kier molecular flexibility index (Phi) is 4.25. The molecule has 1 aliphatic rings. The van der Waals surface area contributed by atoms with Gasteiger partial charge in [-0.25, -0.2) is 0 Å². The first-order valence-corrected chi connectivity index (χ1v) is 9.76. The van der Waals surface area contributed by atoms with Crippen LogP contribution in [0.5, 0.6) is 0 Å². The van der Waals surface area contributed by atoms with E-state index in [0.29, 0.717) is 29.9 Å². The number of rotatable bonds is 4. The quantitative estimate of drug-likeness (QED) is 0.710. The second-order valence-electron chi connectivity index (χ2n) is 6.23. The van der Waals surface area contributed by atoms with Gasteiger partial charge in [0.15, 0.2) is 5.82 Å². The minimum absolute atomic E-state index is 0.121. The van der Waals surface area contributed by atoms with Crippen LogP contribution >= 0.6 is 0 Å². The number of fused-ring (bicyclic) bond motifs is 1. The van der Waals surface area contributed by atoms with Crippen LogP contribution in [-0.4, -0.2) is 28.5 Å². The van der Waals surface area contributed by atoms with Gasteiger partial charge in [-0.15, -0.1) is 4.09 Å². The molecule has 2 N–H and O–H groups in total. The van der Waals surface area contributed by atoms with Gasteiger partial charge >= 0.3 is 0 Å². The summed E-state index contributed by atoms with van der Waals surface area (Å²) in [6.07, 6.45) is 3.00. The number of nitrogens with zero attached hydrogens (tertiary/aromatic N) is 3. The summed E-state index contributed by atoms with van der Waals surface area (Å²) in [5.41, 5.74) is 2.48. The van der Waals surface area contributed by atoms with Crippen molar-refractivity contribution >= 4 is 21.7 Å². The molecule has 0 radical (unpaired) electrons. The summed E-state index contributed by atoms with van der Waals surface area (Å²) in [5, 5.41) is 10.1. The van der Waals surface area contributed by atoms with E-state index in [2.05, 4.69) is 20.7 Å². The number of carbonyl (C=O) groups excluding carboxylic acids is 1. The van der Waals surface area contributed by atoms with Crippen molar-refractivity contribution in [1.82, 2.24) is 19.5 Å². The monoisotopic (exact) mass is 383 g/mol. The number of hydrogen-bond donors (Lipinski definition) is 2. The summed E-state index contributed by atoms with van der Waals surface area (Å²) in [7, 11) is -3.95. The number of anilines is 1. The first-order valence-electron chi connectivity index (χ1n) is 8.32. The SMILES string of the molecule is Cc1cccc(S(=O)(=O)n2nc3c(c2NC(=O)c2ccncc2)CNC3)c1. The normalized spacial score (nSPS) is 13.4. The van der Waals surface area contributed by atoms with E-state index in [0.717, 1.165) is 9.65 Å². The van der Waals surface area contributed by atoms with Crippen molar-refractivity contribution in [3.8, 4) is 0 Å². The van der Waals surface area contributed by atoms with Gasteiger partial charge < -0.3 is 10.6 Å². The van der Waals surface area contributed by atoms with Crippen molar-refractivity contribution in [3.63, 3.8) is 0 Å². The molecule has 8 nitrogen and oxygen atoms in total. The molecule has 0 saturated carbocycles. The Morgan fingerprint density at radius 3 is 2.70 bits per heavy atom. The molecule has 0 unspecified atom stereocenters. The Morgan fingerprint density at radius 1 is 1.19 bits per heavy atom. The van der Waals surface area contributed by atoms with Gasteiger partial charge in [-0.05, 0) is 36.8 Å². The van der Waals surface area contributed by atoms with Crippen LogP contribution in [0.2, 0.25) is 0 Å². The fourth-order valence-electron chi connectivity index (χ4n) is 2.96. The molecule has 9 heteroatoms. The number of amides is 1. The first-order chi connectivity index (χ1) is 13.0. The summed E-state index contributed by atoms with van der Waals surface area (Å²) in [6, 6.07) is 9.71. The van der Waals surface area contributed by atoms with Gasteiger partial charge in [-0.1, -0.05) is 12.1 Å². The van der Waals surface area contributed by atoms with Gasteiger partial charge in [0.25, 0.3) is 15.9 Å². The lowest BCUT2D eigenvalue weighted by Crippen LogP contribution is -2.22. The molecule has 1 aliphatic heterocycles. The molecule has 2 aromatic heterocycles. The highest BCUT2D eigenvalue weighted by atomic mass is 32.2. The second kappa shape index (κ2) is 6.60. The van der Waals surface area contributed by atoms with Crippen molar-refractivity contribution in [3.05, 3.63) is 71.2 Å². The number of nitrogens with one attached hydrogen (secondary N) is 2. The topological polar surface area (TPSA) is 106 Å². The fraction of sp³-hybridized carbons (Fsp3) is 0.167. The number of aromatic nitrogens is 3. The highest BCUT2D eigenvalue weighted by molar-refractivity contribution is 7.90. The average molecular weight is 383 g/mol. The summed E-state index contributed by atoms with van der Waals surface area (Å²) < 4.78 is 27.2. The van der Waals surface area contributed by atoms with Crippen LogP contribution in [0.4, 0.5) is 5.82 Å². The van der Waals surface area contributed by atoms with Crippen molar-refractivity contribution in [1.29, 1.82) is 0 Å². The Labute approximate surface area is 156 Å². The van der Waals surface area contributed by atoms with Crippen LogP contribution in [0.15, 0.2) is 53.7 Å². The Morgan fingerprint density at radius 2 is 1.96 bits per heavy atom. The molecule has 27 heavy (non-hydrogen) atoms. The molecular weight excluding hydrogens is 366 g/mol. The minimum Gasteiger partial charge on any atom is -0.307 e. The number of aryl methyl sites for hydroxylation is 1. The van der Waals surface area contributed by atoms with Gasteiger partial charge in [0, 0.05) is 36.6 Å². The maximum atomic E-state index is 13.1. The molecule has 3 aromatic rings. The largest absolute Gasteiger partial charge is 0.307 e. The van der Waals surface area contributed by atoms with E-state index in [1.165, 1.54) is 18.5 Å². The zero-order valence-electron chi connectivity index (χ0n) is 14.5. The van der Waals surface area contributed by atoms with E-state index in [1.54, 1.807) is 24.3 Å². The molecule has 0 bridgehead atoms. The molecule has 1 aromatic carbocycles. The summed E-state index contributed by atoms with van der Waals surface area (Å²) >= 11 is 0. The zero-order valence-corrected chi connectivity index (χ0v) is 15.3. The predicted octanol–water partition coefficient (Wildman–Crippen LogP) is 1.68. The van der Waals surface area contributed by atoms with Gasteiger partial charge in [0.1, 0.15) is 0 Å². The molecule has 0 aliphatic carbocycles. The number of carbonyl (C=O) groups is 1. The first kappa shape index (κ1) is 17.4. The molecule has 0 spiro atoms. The molecule has 0 atom stereocenters. The fourth-order valence-corrected chi connectivity index (χ4v) is 4.35. The molecule has 3 heterocycles. The minimum atomic E-state index is -3.95. The van der Waals surface area contributed by atoms with E-state index in [9.17, 15) is 13.2 Å². The maximum Gasteiger partial charge on any atom is 0.284 e. The Balaban J connectivity index is 1.80. The number of hydrogen-bond acceptors (Lipinski definition) is 6. The van der Waals surface area contributed by atoms with E-state index in [-0.39, 0.29) is 10.7 Å². The predicted molar refractivity (Wildman–Crippen MR) is 98.7 cm³/mol. The van der Waals surface area contributed by atoms with Crippen LogP contribution in [0, 0.1) is 6.92 Å². The van der Waals surface area contributed by atoms with Crippen molar-refractivity contribution in [2.45, 2.75) is 24.9 Å². The van der Waals surface area contributed by atoms with Crippen molar-refractivity contribution in [2.24, 2.45) is 0 Å². The van der Waals surface area contributed by atoms with Gasteiger partial charge in [0.05, 0.1) is 10.6 Å². The smallest absolute Gasteiger partial charge is 0.284 e. The highest BCUT2D eigenvalue weighted by Crippen LogP contribution is 2.28. The van der Waals surface area contributed by atoms with Gasteiger partial charge in [0.2, 0.25) is 0 Å². The third-order valence-electron chi connectivity index (χ3n) is 4.32. The average Bonchev–Trinajstić information content (AvgIpc) is 3.25. The highest BCUT2D eigenvalue weighted by Gasteiger charge is 2.30. The second-order valence-corrected chi connectivity index (χ2v) is 8.00. The lowest BCUT2D eigenvalue weighted by atomic mass is 10.2. The third kappa shape index (κ3) is 3.11. The standard InChI is InChI=1S/C18H17N5O3S/c1-12-3-2-4-14(9-12)27(25,26)23-17(15-10-20-11-16(15)22-23)21-18(24)13-5-7-19-8-6-13/h2-9,20H,10-11H2,1H3,(H,21,24). The lowest BCUT2D eigenvalue weighted by Gasteiger charge is -2.12. The molecule has 138 valence electrons. The zero-order chi connectivity index (χ0) is 19.0. The van der Waals surface area contributed by atoms with E-state index >= 15 is 0 Å². The van der Waals surface area contributed by atoms with E-state index < -0.39 is 15.9 Å². The van der Waals surface area contributed by atoms with Crippen LogP contribution < -0.4 is 10.6 Å². The van der Waals surface area contributed by atoms with Crippen molar-refractivity contribution in [2.75, 3.05) is 5.32 Å². The molecular formula is C18H17N5O3S. The van der Waals surface area contributed by atoms with E-state index in [4.69, 9.17) is 0 Å². The molecule has 0 saturated heterocycles. The van der Waals surface area contributed by atoms with E-state index in [1.807, 2.05) is 13.0 Å². The third-order valence-corrected chi connectivity index (χ3v) is 5.89. The van der Waals surface area contributed by atoms with Crippen LogP contribution in [-0.2, 0) is 23.1 Å². The lowest BCUT2D eigenvalue weighted by molar-refractivity contribution is 0.102. The Bertz CT molecular complexity index is 1120.